The van der Waals surface area contributed by atoms with E-state index in [1.165, 1.54) is 0 Å². The minimum Gasteiger partial charge on any atom is -0.383 e. The zero-order chi connectivity index (χ0) is 13.9. The molecule has 1 heterocycles. The molecule has 104 valence electrons. The van der Waals surface area contributed by atoms with Gasteiger partial charge >= 0.3 is 0 Å². The maximum absolute atomic E-state index is 11.1. The Morgan fingerprint density at radius 2 is 2.16 bits per heavy atom. The van der Waals surface area contributed by atoms with E-state index in [1.807, 2.05) is 6.07 Å². The van der Waals surface area contributed by atoms with E-state index in [1.54, 1.807) is 12.1 Å². The van der Waals surface area contributed by atoms with Gasteiger partial charge in [0.05, 0.1) is 10.7 Å². The summed E-state index contributed by atoms with van der Waals surface area (Å²) >= 11 is 6.15. The predicted octanol–water partition coefficient (Wildman–Crippen LogP) is 2.24. The molecule has 5 heteroatoms. The van der Waals surface area contributed by atoms with Crippen LogP contribution in [0.15, 0.2) is 18.2 Å². The largest absolute Gasteiger partial charge is 0.383 e. The van der Waals surface area contributed by atoms with Gasteiger partial charge in [0, 0.05) is 12.1 Å². The standard InChI is InChI=1S/C14H20ClN3O/c1-14(4-6-17-7-5-14)9-18-12-3-2-10(13(16)19)8-11(12)15/h2-3,8,17-18H,4-7,9H2,1H3,(H2,16,19). The van der Waals surface area contributed by atoms with Gasteiger partial charge in [-0.3, -0.25) is 4.79 Å². The number of nitrogens with one attached hydrogen (secondary N) is 2. The smallest absolute Gasteiger partial charge is 0.248 e. The van der Waals surface area contributed by atoms with Gasteiger partial charge in [-0.25, -0.2) is 0 Å². The van der Waals surface area contributed by atoms with Crippen LogP contribution in [0.2, 0.25) is 5.02 Å². The van der Waals surface area contributed by atoms with Gasteiger partial charge in [0.2, 0.25) is 5.91 Å². The highest BCUT2D eigenvalue weighted by Gasteiger charge is 2.26. The number of halogens is 1. The monoisotopic (exact) mass is 281 g/mol. The van der Waals surface area contributed by atoms with Gasteiger partial charge in [0.25, 0.3) is 0 Å². The Bertz CT molecular complexity index is 470. The third-order valence-electron chi connectivity index (χ3n) is 3.77. The van der Waals surface area contributed by atoms with Crippen LogP contribution in [0.3, 0.4) is 0 Å². The highest BCUT2D eigenvalue weighted by Crippen LogP contribution is 2.30. The van der Waals surface area contributed by atoms with Gasteiger partial charge in [0.15, 0.2) is 0 Å². The van der Waals surface area contributed by atoms with Crippen LogP contribution in [0.1, 0.15) is 30.1 Å². The van der Waals surface area contributed by atoms with Crippen LogP contribution < -0.4 is 16.4 Å². The molecule has 1 saturated heterocycles. The van der Waals surface area contributed by atoms with Gasteiger partial charge in [-0.15, -0.1) is 0 Å². The summed E-state index contributed by atoms with van der Waals surface area (Å²) < 4.78 is 0. The molecule has 0 atom stereocenters. The Morgan fingerprint density at radius 1 is 1.47 bits per heavy atom. The Labute approximate surface area is 118 Å². The van der Waals surface area contributed by atoms with Crippen LogP contribution in [-0.2, 0) is 0 Å². The van der Waals surface area contributed by atoms with E-state index in [0.29, 0.717) is 10.6 Å². The molecule has 1 aliphatic heterocycles. The van der Waals surface area contributed by atoms with Crippen LogP contribution in [0.5, 0.6) is 0 Å². The van der Waals surface area contributed by atoms with Crippen molar-refractivity contribution in [2.75, 3.05) is 25.0 Å². The zero-order valence-corrected chi connectivity index (χ0v) is 11.9. The number of amides is 1. The van der Waals surface area contributed by atoms with Gasteiger partial charge in [-0.05, 0) is 49.5 Å². The first-order chi connectivity index (χ1) is 9.00. The fraction of sp³-hybridized carbons (Fsp3) is 0.500. The van der Waals surface area contributed by atoms with Crippen molar-refractivity contribution in [2.45, 2.75) is 19.8 Å². The SMILES string of the molecule is CC1(CNc2ccc(C(N)=O)cc2Cl)CCNCC1. The first kappa shape index (κ1) is 14.2. The van der Waals surface area contributed by atoms with Crippen molar-refractivity contribution in [3.05, 3.63) is 28.8 Å². The maximum Gasteiger partial charge on any atom is 0.248 e. The number of carbonyl (C=O) groups excluding carboxylic acids is 1. The zero-order valence-electron chi connectivity index (χ0n) is 11.1. The summed E-state index contributed by atoms with van der Waals surface area (Å²) in [7, 11) is 0. The molecule has 0 bridgehead atoms. The molecule has 0 aliphatic carbocycles. The van der Waals surface area contributed by atoms with E-state index in [9.17, 15) is 4.79 Å². The number of hydrogen-bond acceptors (Lipinski definition) is 3. The van der Waals surface area contributed by atoms with Crippen molar-refractivity contribution in [3.63, 3.8) is 0 Å². The van der Waals surface area contributed by atoms with E-state index in [0.717, 1.165) is 38.2 Å². The van der Waals surface area contributed by atoms with Crippen molar-refractivity contribution < 1.29 is 4.79 Å². The highest BCUT2D eigenvalue weighted by molar-refractivity contribution is 6.33. The third kappa shape index (κ3) is 3.61. The van der Waals surface area contributed by atoms with Gasteiger partial charge in [-0.1, -0.05) is 18.5 Å². The Balaban J connectivity index is 2.01. The molecule has 4 N–H and O–H groups in total. The van der Waals surface area contributed by atoms with Crippen LogP contribution in [-0.4, -0.2) is 25.5 Å². The first-order valence-corrected chi connectivity index (χ1v) is 6.92. The summed E-state index contributed by atoms with van der Waals surface area (Å²) in [5.74, 6) is -0.459. The van der Waals surface area contributed by atoms with Gasteiger partial charge in [0.1, 0.15) is 0 Å². The van der Waals surface area contributed by atoms with E-state index < -0.39 is 5.91 Å². The fourth-order valence-electron chi connectivity index (χ4n) is 2.33. The lowest BCUT2D eigenvalue weighted by molar-refractivity contribution is 0.100. The quantitative estimate of drug-likeness (QED) is 0.793. The molecule has 1 fully saturated rings. The van der Waals surface area contributed by atoms with E-state index in [2.05, 4.69) is 17.6 Å². The molecule has 19 heavy (non-hydrogen) atoms. The number of anilines is 1. The number of piperidine rings is 1. The van der Waals surface area contributed by atoms with Gasteiger partial charge < -0.3 is 16.4 Å². The van der Waals surface area contributed by atoms with Crippen LogP contribution in [0.4, 0.5) is 5.69 Å². The summed E-state index contributed by atoms with van der Waals surface area (Å²) in [6, 6.07) is 5.12. The molecule has 2 rings (SSSR count). The number of carbonyl (C=O) groups is 1. The molecular formula is C14H20ClN3O. The average Bonchev–Trinajstić information content (AvgIpc) is 2.38. The summed E-state index contributed by atoms with van der Waals surface area (Å²) in [5.41, 5.74) is 6.80. The predicted molar refractivity (Wildman–Crippen MR) is 78.7 cm³/mol. The second-order valence-corrected chi connectivity index (χ2v) is 5.88. The summed E-state index contributed by atoms with van der Waals surface area (Å²) in [4.78, 5) is 11.1. The van der Waals surface area contributed by atoms with Crippen molar-refractivity contribution in [2.24, 2.45) is 11.1 Å². The van der Waals surface area contributed by atoms with Gasteiger partial charge in [-0.2, -0.15) is 0 Å². The molecule has 0 radical (unpaired) electrons. The summed E-state index contributed by atoms with van der Waals surface area (Å²) in [5, 5.41) is 7.28. The summed E-state index contributed by atoms with van der Waals surface area (Å²) in [6.07, 6.45) is 2.30. The number of nitrogens with two attached hydrogens (primary N) is 1. The van der Waals surface area contributed by atoms with Crippen LogP contribution >= 0.6 is 11.6 Å². The number of benzene rings is 1. The molecule has 1 aromatic carbocycles. The average molecular weight is 282 g/mol. The number of rotatable bonds is 4. The number of hydrogen-bond donors (Lipinski definition) is 3. The lowest BCUT2D eigenvalue weighted by Crippen LogP contribution is -2.39. The molecule has 1 aromatic rings. The Kier molecular flexibility index (Phi) is 4.32. The molecule has 0 saturated carbocycles. The molecular weight excluding hydrogens is 262 g/mol. The molecule has 0 aromatic heterocycles. The van der Waals surface area contributed by atoms with E-state index in [-0.39, 0.29) is 5.41 Å². The first-order valence-electron chi connectivity index (χ1n) is 6.54. The van der Waals surface area contributed by atoms with Crippen molar-refractivity contribution >= 4 is 23.2 Å². The van der Waals surface area contributed by atoms with Crippen molar-refractivity contribution in [3.8, 4) is 0 Å². The van der Waals surface area contributed by atoms with Crippen molar-refractivity contribution in [1.29, 1.82) is 0 Å². The fourth-order valence-corrected chi connectivity index (χ4v) is 2.57. The second-order valence-electron chi connectivity index (χ2n) is 5.47. The maximum atomic E-state index is 11.1. The van der Waals surface area contributed by atoms with Crippen LogP contribution in [0.25, 0.3) is 0 Å². The highest BCUT2D eigenvalue weighted by atomic mass is 35.5. The number of primary amides is 1. The normalized spacial score (nSPS) is 18.0. The lowest BCUT2D eigenvalue weighted by atomic mass is 9.81. The minimum atomic E-state index is -0.459. The Morgan fingerprint density at radius 3 is 2.74 bits per heavy atom. The molecule has 1 aliphatic rings. The molecule has 0 spiro atoms. The second kappa shape index (κ2) is 5.80. The third-order valence-corrected chi connectivity index (χ3v) is 4.08. The Hall–Kier alpha value is -1.26. The van der Waals surface area contributed by atoms with Crippen molar-refractivity contribution in [1.82, 2.24) is 5.32 Å². The summed E-state index contributed by atoms with van der Waals surface area (Å²) in [6.45, 7) is 5.29. The van der Waals surface area contributed by atoms with E-state index >= 15 is 0 Å². The molecule has 0 unspecified atom stereocenters. The molecule has 1 amide bonds. The minimum absolute atomic E-state index is 0.289. The van der Waals surface area contributed by atoms with Crippen LogP contribution in [0, 0.1) is 5.41 Å². The topological polar surface area (TPSA) is 67.1 Å². The lowest BCUT2D eigenvalue weighted by Gasteiger charge is -2.34. The molecule has 4 nitrogen and oxygen atoms in total. The van der Waals surface area contributed by atoms with E-state index in [4.69, 9.17) is 17.3 Å².